The van der Waals surface area contributed by atoms with Crippen molar-refractivity contribution < 1.29 is 4.79 Å². The Labute approximate surface area is 153 Å². The molecule has 1 aliphatic heterocycles. The van der Waals surface area contributed by atoms with Gasteiger partial charge in [-0.15, -0.1) is 0 Å². The van der Waals surface area contributed by atoms with Crippen molar-refractivity contribution in [1.82, 2.24) is 15.2 Å². The van der Waals surface area contributed by atoms with Crippen molar-refractivity contribution in [2.45, 2.75) is 19.5 Å². The van der Waals surface area contributed by atoms with Gasteiger partial charge in [0.25, 0.3) is 0 Å². The van der Waals surface area contributed by atoms with Gasteiger partial charge in [0.05, 0.1) is 18.3 Å². The van der Waals surface area contributed by atoms with Gasteiger partial charge in [-0.2, -0.15) is 0 Å². The molecule has 1 N–H and O–H groups in total. The van der Waals surface area contributed by atoms with Crippen LogP contribution in [0.5, 0.6) is 0 Å². The van der Waals surface area contributed by atoms with Crippen LogP contribution in [0.15, 0.2) is 48.7 Å². The Morgan fingerprint density at radius 2 is 1.88 bits per heavy atom. The van der Waals surface area contributed by atoms with Crippen molar-refractivity contribution in [3.63, 3.8) is 0 Å². The number of anilines is 1. The Morgan fingerprint density at radius 3 is 2.52 bits per heavy atom. The fourth-order valence-corrected chi connectivity index (χ4v) is 3.14. The fraction of sp³-hybridized carbons (Fsp3) is 0.368. The molecule has 1 saturated heterocycles. The van der Waals surface area contributed by atoms with Gasteiger partial charge in [0.15, 0.2) is 0 Å². The van der Waals surface area contributed by atoms with E-state index in [9.17, 15) is 4.79 Å². The Morgan fingerprint density at radius 1 is 1.16 bits per heavy atom. The quantitative estimate of drug-likeness (QED) is 0.892. The Balaban J connectivity index is 1.48. The van der Waals surface area contributed by atoms with Crippen molar-refractivity contribution in [2.24, 2.45) is 0 Å². The van der Waals surface area contributed by atoms with Crippen LogP contribution < -0.4 is 10.2 Å². The van der Waals surface area contributed by atoms with Gasteiger partial charge in [0.2, 0.25) is 5.91 Å². The van der Waals surface area contributed by atoms with Gasteiger partial charge in [-0.3, -0.25) is 14.7 Å². The standard InChI is InChI=1S/C19H23ClN4O/c1-15(19(25)22-14-17-4-2-3-9-21-17)23-10-12-24(13-11-23)18-7-5-16(20)6-8-18/h2-9,15H,10-14H2,1H3,(H,22,25)/t15-/m0/s1. The van der Waals surface area contributed by atoms with Crippen LogP contribution in [-0.4, -0.2) is 48.0 Å². The zero-order chi connectivity index (χ0) is 17.6. The lowest BCUT2D eigenvalue weighted by atomic mass is 10.2. The number of nitrogens with one attached hydrogen (secondary N) is 1. The van der Waals surface area contributed by atoms with Gasteiger partial charge in [-0.1, -0.05) is 17.7 Å². The normalized spacial score (nSPS) is 16.5. The SMILES string of the molecule is C[C@@H](C(=O)NCc1ccccn1)N1CCN(c2ccc(Cl)cc2)CC1. The summed E-state index contributed by atoms with van der Waals surface area (Å²) in [5.41, 5.74) is 2.05. The first kappa shape index (κ1) is 17.7. The molecule has 0 bridgehead atoms. The number of benzene rings is 1. The van der Waals surface area contributed by atoms with Crippen molar-refractivity contribution in [3.05, 3.63) is 59.4 Å². The lowest BCUT2D eigenvalue weighted by molar-refractivity contribution is -0.126. The van der Waals surface area contributed by atoms with Crippen LogP contribution in [0.2, 0.25) is 5.02 Å². The molecule has 1 aliphatic rings. The minimum atomic E-state index is -0.143. The Bertz CT molecular complexity index is 684. The van der Waals surface area contributed by atoms with Gasteiger partial charge >= 0.3 is 0 Å². The fourth-order valence-electron chi connectivity index (χ4n) is 3.01. The Hall–Kier alpha value is -2.11. The number of nitrogens with zero attached hydrogens (tertiary/aromatic N) is 3. The number of amides is 1. The van der Waals surface area contributed by atoms with Gasteiger partial charge in [-0.25, -0.2) is 0 Å². The second-order valence-corrected chi connectivity index (χ2v) is 6.65. The molecule has 132 valence electrons. The largest absolute Gasteiger partial charge is 0.369 e. The Kier molecular flexibility index (Phi) is 5.89. The molecule has 0 spiro atoms. The lowest BCUT2D eigenvalue weighted by Gasteiger charge is -2.38. The molecular formula is C19H23ClN4O. The summed E-state index contributed by atoms with van der Waals surface area (Å²) in [5, 5.41) is 3.72. The predicted molar refractivity (Wildman–Crippen MR) is 101 cm³/mol. The van der Waals surface area contributed by atoms with E-state index in [1.807, 2.05) is 49.4 Å². The van der Waals surface area contributed by atoms with Gasteiger partial charge < -0.3 is 10.2 Å². The van der Waals surface area contributed by atoms with E-state index in [-0.39, 0.29) is 11.9 Å². The third-order valence-corrected chi connectivity index (χ3v) is 4.86. The first-order valence-electron chi connectivity index (χ1n) is 8.55. The van der Waals surface area contributed by atoms with Gasteiger partial charge in [-0.05, 0) is 43.3 Å². The maximum Gasteiger partial charge on any atom is 0.237 e. The van der Waals surface area contributed by atoms with E-state index in [0.717, 1.165) is 36.9 Å². The van der Waals surface area contributed by atoms with Crippen LogP contribution >= 0.6 is 11.6 Å². The molecule has 1 aromatic heterocycles. The molecule has 1 amide bonds. The van der Waals surface area contributed by atoms with E-state index in [2.05, 4.69) is 20.1 Å². The zero-order valence-electron chi connectivity index (χ0n) is 14.4. The number of hydrogen-bond donors (Lipinski definition) is 1. The minimum Gasteiger partial charge on any atom is -0.369 e. The minimum absolute atomic E-state index is 0.0468. The maximum atomic E-state index is 12.4. The van der Waals surface area contributed by atoms with E-state index in [4.69, 9.17) is 11.6 Å². The monoisotopic (exact) mass is 358 g/mol. The summed E-state index contributed by atoms with van der Waals surface area (Å²) in [4.78, 5) is 21.2. The third kappa shape index (κ3) is 4.71. The van der Waals surface area contributed by atoms with Crippen molar-refractivity contribution in [2.75, 3.05) is 31.1 Å². The summed E-state index contributed by atoms with van der Waals surface area (Å²) in [6.45, 7) is 5.96. The molecule has 2 aromatic rings. The van der Waals surface area contributed by atoms with E-state index in [0.29, 0.717) is 6.54 Å². The van der Waals surface area contributed by atoms with E-state index >= 15 is 0 Å². The number of halogens is 1. The van der Waals surface area contributed by atoms with Crippen LogP contribution in [0.25, 0.3) is 0 Å². The summed E-state index contributed by atoms with van der Waals surface area (Å²) in [7, 11) is 0. The first-order chi connectivity index (χ1) is 12.1. The number of piperazine rings is 1. The zero-order valence-corrected chi connectivity index (χ0v) is 15.1. The molecule has 0 radical (unpaired) electrons. The number of carbonyl (C=O) groups excluding carboxylic acids is 1. The highest BCUT2D eigenvalue weighted by molar-refractivity contribution is 6.30. The predicted octanol–water partition coefficient (Wildman–Crippen LogP) is 2.56. The summed E-state index contributed by atoms with van der Waals surface area (Å²) in [5.74, 6) is 0.0468. The highest BCUT2D eigenvalue weighted by atomic mass is 35.5. The molecule has 1 atom stereocenters. The van der Waals surface area contributed by atoms with Crippen molar-refractivity contribution in [3.8, 4) is 0 Å². The summed E-state index contributed by atoms with van der Waals surface area (Å²) in [6.07, 6.45) is 1.74. The maximum absolute atomic E-state index is 12.4. The molecule has 1 fully saturated rings. The van der Waals surface area contributed by atoms with Gasteiger partial charge in [0, 0.05) is 43.1 Å². The van der Waals surface area contributed by atoms with Crippen LogP contribution in [0.1, 0.15) is 12.6 Å². The molecule has 1 aromatic carbocycles. The molecule has 3 rings (SSSR count). The number of carbonyl (C=O) groups is 1. The topological polar surface area (TPSA) is 48.5 Å². The summed E-state index contributed by atoms with van der Waals surface area (Å²) >= 11 is 5.95. The smallest absolute Gasteiger partial charge is 0.237 e. The van der Waals surface area contributed by atoms with Crippen molar-refractivity contribution in [1.29, 1.82) is 0 Å². The first-order valence-corrected chi connectivity index (χ1v) is 8.93. The number of hydrogen-bond acceptors (Lipinski definition) is 4. The molecule has 0 unspecified atom stereocenters. The lowest BCUT2D eigenvalue weighted by Crippen LogP contribution is -2.53. The van der Waals surface area contributed by atoms with Crippen LogP contribution in [0.3, 0.4) is 0 Å². The number of rotatable bonds is 5. The second kappa shape index (κ2) is 8.32. The second-order valence-electron chi connectivity index (χ2n) is 6.21. The molecule has 0 aliphatic carbocycles. The molecule has 25 heavy (non-hydrogen) atoms. The number of pyridine rings is 1. The van der Waals surface area contributed by atoms with E-state index in [1.165, 1.54) is 5.69 Å². The number of aromatic nitrogens is 1. The van der Waals surface area contributed by atoms with Crippen LogP contribution in [0, 0.1) is 0 Å². The third-order valence-electron chi connectivity index (χ3n) is 4.60. The summed E-state index contributed by atoms with van der Waals surface area (Å²) in [6, 6.07) is 13.5. The van der Waals surface area contributed by atoms with E-state index in [1.54, 1.807) is 6.20 Å². The molecular weight excluding hydrogens is 336 g/mol. The molecule has 6 heteroatoms. The van der Waals surface area contributed by atoms with Crippen molar-refractivity contribution >= 4 is 23.2 Å². The highest BCUT2D eigenvalue weighted by Crippen LogP contribution is 2.20. The average molecular weight is 359 g/mol. The van der Waals surface area contributed by atoms with Gasteiger partial charge in [0.1, 0.15) is 0 Å². The molecule has 0 saturated carbocycles. The highest BCUT2D eigenvalue weighted by Gasteiger charge is 2.25. The van der Waals surface area contributed by atoms with Crippen LogP contribution in [-0.2, 0) is 11.3 Å². The molecule has 5 nitrogen and oxygen atoms in total. The van der Waals surface area contributed by atoms with E-state index < -0.39 is 0 Å². The average Bonchev–Trinajstić information content (AvgIpc) is 2.67. The summed E-state index contributed by atoms with van der Waals surface area (Å²) < 4.78 is 0. The molecule has 2 heterocycles. The van der Waals surface area contributed by atoms with Crippen LogP contribution in [0.4, 0.5) is 5.69 Å².